The molecule has 27 heavy (non-hydrogen) atoms. The van der Waals surface area contributed by atoms with Gasteiger partial charge in [0.15, 0.2) is 5.13 Å². The summed E-state index contributed by atoms with van der Waals surface area (Å²) in [6, 6.07) is 6.28. The Kier molecular flexibility index (Phi) is 5.29. The highest BCUT2D eigenvalue weighted by Crippen LogP contribution is 2.30. The van der Waals surface area contributed by atoms with Crippen molar-refractivity contribution in [3.63, 3.8) is 0 Å². The fourth-order valence-corrected chi connectivity index (χ4v) is 6.24. The van der Waals surface area contributed by atoms with Crippen LogP contribution in [0.2, 0.25) is 0 Å². The molecule has 144 valence electrons. The van der Waals surface area contributed by atoms with Crippen molar-refractivity contribution in [1.82, 2.24) is 9.29 Å². The average molecular weight is 406 g/mol. The molecular weight excluding hydrogens is 382 g/mol. The monoisotopic (exact) mass is 405 g/mol. The number of nitrogens with one attached hydrogen (secondary N) is 1. The van der Waals surface area contributed by atoms with Crippen LogP contribution in [0.25, 0.3) is 0 Å². The van der Waals surface area contributed by atoms with Gasteiger partial charge < -0.3 is 0 Å². The molecule has 6 nitrogen and oxygen atoms in total. The highest BCUT2D eigenvalue weighted by molar-refractivity contribution is 7.89. The number of thiazole rings is 1. The van der Waals surface area contributed by atoms with E-state index in [1.54, 1.807) is 18.2 Å². The minimum atomic E-state index is -3.55. The Hall–Kier alpha value is -1.77. The SMILES string of the molecule is O=C(Nc1nc2c(s1)CCCC2)c1cccc(S(=O)(=O)N2CCCCC2)c1. The van der Waals surface area contributed by atoms with Crippen molar-refractivity contribution in [2.24, 2.45) is 0 Å². The Balaban J connectivity index is 1.53. The summed E-state index contributed by atoms with van der Waals surface area (Å²) in [5.74, 6) is -0.322. The molecule has 1 aromatic heterocycles. The van der Waals surface area contributed by atoms with Crippen molar-refractivity contribution >= 4 is 32.4 Å². The number of piperidine rings is 1. The Morgan fingerprint density at radius 1 is 1.07 bits per heavy atom. The third-order valence-corrected chi connectivity index (χ3v) is 8.08. The number of benzene rings is 1. The van der Waals surface area contributed by atoms with Crippen molar-refractivity contribution in [3.05, 3.63) is 40.4 Å². The summed E-state index contributed by atoms with van der Waals surface area (Å²) in [5.41, 5.74) is 1.42. The first-order chi connectivity index (χ1) is 13.0. The molecule has 0 spiro atoms. The number of fused-ring (bicyclic) bond motifs is 1. The Bertz CT molecular complexity index is 923. The summed E-state index contributed by atoms with van der Waals surface area (Å²) >= 11 is 1.52. The maximum atomic E-state index is 12.8. The number of amides is 1. The third-order valence-electron chi connectivity index (χ3n) is 5.12. The molecule has 1 saturated heterocycles. The van der Waals surface area contributed by atoms with Crippen molar-refractivity contribution < 1.29 is 13.2 Å². The van der Waals surface area contributed by atoms with Crippen molar-refractivity contribution in [1.29, 1.82) is 0 Å². The maximum Gasteiger partial charge on any atom is 0.257 e. The molecule has 2 aromatic rings. The second-order valence-electron chi connectivity index (χ2n) is 7.04. The molecule has 0 saturated carbocycles. The van der Waals surface area contributed by atoms with Gasteiger partial charge in [-0.15, -0.1) is 11.3 Å². The van der Waals surface area contributed by atoms with E-state index in [1.165, 1.54) is 33.0 Å². The van der Waals surface area contributed by atoms with Gasteiger partial charge in [-0.2, -0.15) is 4.31 Å². The summed E-state index contributed by atoms with van der Waals surface area (Å²) in [6.07, 6.45) is 7.12. The second-order valence-corrected chi connectivity index (χ2v) is 10.1. The summed E-state index contributed by atoms with van der Waals surface area (Å²) in [5, 5.41) is 3.43. The normalized spacial score (nSPS) is 18.1. The van der Waals surface area contributed by atoms with E-state index in [-0.39, 0.29) is 10.8 Å². The lowest BCUT2D eigenvalue weighted by Crippen LogP contribution is -2.35. The summed E-state index contributed by atoms with van der Waals surface area (Å²) in [6.45, 7) is 1.09. The smallest absolute Gasteiger partial charge is 0.257 e. The first-order valence-electron chi connectivity index (χ1n) is 9.44. The number of hydrogen-bond donors (Lipinski definition) is 1. The van der Waals surface area contributed by atoms with Gasteiger partial charge >= 0.3 is 0 Å². The number of sulfonamides is 1. The molecule has 8 heteroatoms. The number of nitrogens with zero attached hydrogens (tertiary/aromatic N) is 2. The predicted octanol–water partition coefficient (Wildman–Crippen LogP) is 3.45. The van der Waals surface area contributed by atoms with Crippen LogP contribution >= 0.6 is 11.3 Å². The van der Waals surface area contributed by atoms with Gasteiger partial charge in [-0.3, -0.25) is 10.1 Å². The van der Waals surface area contributed by atoms with Crippen LogP contribution in [0, 0.1) is 0 Å². The standard InChI is InChI=1S/C19H23N3O3S2/c23-18(21-19-20-16-9-2-3-10-17(16)26-19)14-7-6-8-15(13-14)27(24,25)22-11-4-1-5-12-22/h6-8,13H,1-5,9-12H2,(H,20,21,23). The zero-order valence-electron chi connectivity index (χ0n) is 15.1. The third kappa shape index (κ3) is 3.93. The van der Waals surface area contributed by atoms with Gasteiger partial charge in [0.25, 0.3) is 5.91 Å². The van der Waals surface area contributed by atoms with Crippen LogP contribution in [0.15, 0.2) is 29.2 Å². The topological polar surface area (TPSA) is 79.4 Å². The number of carbonyl (C=O) groups excluding carboxylic acids is 1. The van der Waals surface area contributed by atoms with E-state index in [9.17, 15) is 13.2 Å². The van der Waals surface area contributed by atoms with E-state index in [2.05, 4.69) is 10.3 Å². The zero-order valence-corrected chi connectivity index (χ0v) is 16.7. The van der Waals surface area contributed by atoms with Gasteiger partial charge in [0.2, 0.25) is 10.0 Å². The van der Waals surface area contributed by atoms with E-state index in [0.29, 0.717) is 23.8 Å². The predicted molar refractivity (Wildman–Crippen MR) is 106 cm³/mol. The van der Waals surface area contributed by atoms with E-state index in [4.69, 9.17) is 0 Å². The van der Waals surface area contributed by atoms with E-state index in [0.717, 1.165) is 44.2 Å². The van der Waals surface area contributed by atoms with Gasteiger partial charge in [0.05, 0.1) is 10.6 Å². The van der Waals surface area contributed by atoms with Crippen molar-refractivity contribution in [3.8, 4) is 0 Å². The number of aromatic nitrogens is 1. The Morgan fingerprint density at radius 3 is 2.63 bits per heavy atom. The lowest BCUT2D eigenvalue weighted by Gasteiger charge is -2.26. The largest absolute Gasteiger partial charge is 0.298 e. The maximum absolute atomic E-state index is 12.8. The van der Waals surface area contributed by atoms with E-state index < -0.39 is 10.0 Å². The highest BCUT2D eigenvalue weighted by Gasteiger charge is 2.26. The quantitative estimate of drug-likeness (QED) is 0.845. The summed E-state index contributed by atoms with van der Waals surface area (Å²) in [7, 11) is -3.55. The number of hydrogen-bond acceptors (Lipinski definition) is 5. The molecule has 1 N–H and O–H groups in total. The van der Waals surface area contributed by atoms with E-state index in [1.807, 2.05) is 0 Å². The molecule has 0 radical (unpaired) electrons. The number of aryl methyl sites for hydroxylation is 2. The Morgan fingerprint density at radius 2 is 1.85 bits per heavy atom. The molecular formula is C19H23N3O3S2. The van der Waals surface area contributed by atoms with Crippen LogP contribution in [-0.4, -0.2) is 36.7 Å². The molecule has 1 fully saturated rings. The molecule has 1 amide bonds. The number of rotatable bonds is 4. The van der Waals surface area contributed by atoms with Gasteiger partial charge in [-0.25, -0.2) is 13.4 Å². The highest BCUT2D eigenvalue weighted by atomic mass is 32.2. The zero-order chi connectivity index (χ0) is 18.9. The molecule has 1 aromatic carbocycles. The molecule has 0 unspecified atom stereocenters. The minimum Gasteiger partial charge on any atom is -0.298 e. The van der Waals surface area contributed by atoms with Crippen molar-refractivity contribution in [2.75, 3.05) is 18.4 Å². The van der Waals surface area contributed by atoms with Gasteiger partial charge in [0.1, 0.15) is 0 Å². The first kappa shape index (κ1) is 18.6. The fraction of sp³-hybridized carbons (Fsp3) is 0.474. The van der Waals surface area contributed by atoms with Crippen LogP contribution in [0.1, 0.15) is 53.0 Å². The second kappa shape index (κ2) is 7.69. The van der Waals surface area contributed by atoms with Gasteiger partial charge in [-0.05, 0) is 56.7 Å². The number of anilines is 1. The van der Waals surface area contributed by atoms with Crippen LogP contribution in [0.4, 0.5) is 5.13 Å². The molecule has 4 rings (SSSR count). The van der Waals surface area contributed by atoms with Gasteiger partial charge in [-0.1, -0.05) is 12.5 Å². The van der Waals surface area contributed by atoms with Crippen LogP contribution < -0.4 is 5.32 Å². The molecule has 2 heterocycles. The average Bonchev–Trinajstić information content (AvgIpc) is 3.11. The molecule has 0 atom stereocenters. The lowest BCUT2D eigenvalue weighted by molar-refractivity contribution is 0.102. The summed E-state index contributed by atoms with van der Waals surface area (Å²) < 4.78 is 27.2. The van der Waals surface area contributed by atoms with Crippen LogP contribution in [-0.2, 0) is 22.9 Å². The minimum absolute atomic E-state index is 0.176. The molecule has 0 bridgehead atoms. The van der Waals surface area contributed by atoms with Crippen LogP contribution in [0.3, 0.4) is 0 Å². The fourth-order valence-electron chi connectivity index (χ4n) is 3.63. The van der Waals surface area contributed by atoms with Crippen LogP contribution in [0.5, 0.6) is 0 Å². The Labute approximate surface area is 163 Å². The number of carbonyl (C=O) groups is 1. The molecule has 1 aliphatic heterocycles. The first-order valence-corrected chi connectivity index (χ1v) is 11.7. The molecule has 2 aliphatic rings. The van der Waals surface area contributed by atoms with E-state index >= 15 is 0 Å². The van der Waals surface area contributed by atoms with Crippen molar-refractivity contribution in [2.45, 2.75) is 49.8 Å². The summed E-state index contributed by atoms with van der Waals surface area (Å²) in [4.78, 5) is 18.6. The molecule has 1 aliphatic carbocycles. The lowest BCUT2D eigenvalue weighted by atomic mass is 10.0. The van der Waals surface area contributed by atoms with Gasteiger partial charge in [0, 0.05) is 23.5 Å².